The van der Waals surface area contributed by atoms with Crippen LogP contribution in [-0.4, -0.2) is 71.5 Å². The van der Waals surface area contributed by atoms with Crippen molar-refractivity contribution < 1.29 is 0 Å². The molecular weight excluding hydrogens is 336 g/mol. The number of rotatable bonds is 5. The lowest BCUT2D eigenvalue weighted by Gasteiger charge is -2.31. The molecule has 1 fully saturated rings. The summed E-state index contributed by atoms with van der Waals surface area (Å²) in [6.07, 6.45) is 2.30. The highest BCUT2D eigenvalue weighted by molar-refractivity contribution is 8.00. The molecule has 1 aromatic heterocycles. The lowest BCUT2D eigenvalue weighted by molar-refractivity contribution is 0.264. The Hall–Kier alpha value is -0.0100. The van der Waals surface area contributed by atoms with Crippen LogP contribution >= 0.6 is 35.1 Å². The minimum atomic E-state index is 0.538. The largest absolute Gasteiger partial charge is 0.309 e. The molecule has 1 saturated heterocycles. The summed E-state index contributed by atoms with van der Waals surface area (Å²) in [6.45, 7) is 3.35. The summed E-state index contributed by atoms with van der Waals surface area (Å²) in [5.74, 6) is 1.57. The van der Waals surface area contributed by atoms with E-state index in [0.29, 0.717) is 16.3 Å². The summed E-state index contributed by atoms with van der Waals surface area (Å²) in [4.78, 5) is 13.9. The molecule has 0 amide bonds. The molecule has 3 rings (SSSR count). The molecule has 2 atom stereocenters. The Bertz CT molecular complexity index is 541. The first-order valence-electron chi connectivity index (χ1n) is 7.74. The van der Waals surface area contributed by atoms with Crippen molar-refractivity contribution >= 4 is 35.1 Å². The van der Waals surface area contributed by atoms with Gasteiger partial charge in [-0.2, -0.15) is 0 Å². The topological polar surface area (TPSA) is 32.3 Å². The predicted molar refractivity (Wildman–Crippen MR) is 95.4 cm³/mol. The average molecular weight is 359 g/mol. The molecule has 0 aliphatic carbocycles. The van der Waals surface area contributed by atoms with Crippen LogP contribution in [0.25, 0.3) is 0 Å². The molecule has 3 heterocycles. The van der Waals surface area contributed by atoms with Gasteiger partial charge in [0.15, 0.2) is 5.16 Å². The Morgan fingerprint density at radius 3 is 3.00 bits per heavy atom. The predicted octanol–water partition coefficient (Wildman–Crippen LogP) is 3.07. The van der Waals surface area contributed by atoms with E-state index in [-0.39, 0.29) is 0 Å². The smallest absolute Gasteiger partial charge is 0.190 e. The van der Waals surface area contributed by atoms with E-state index in [1.54, 1.807) is 11.8 Å². The number of piperidine rings is 1. The zero-order valence-electron chi connectivity index (χ0n) is 13.4. The van der Waals surface area contributed by atoms with Crippen LogP contribution in [0.3, 0.4) is 0 Å². The summed E-state index contributed by atoms with van der Waals surface area (Å²) in [5.41, 5.74) is 1.21. The number of halogens is 1. The molecule has 2 aliphatic rings. The molecule has 2 unspecified atom stereocenters. The number of likely N-dealkylation sites (tertiary alicyclic amines) is 1. The second-order valence-electron chi connectivity index (χ2n) is 6.33. The van der Waals surface area contributed by atoms with E-state index in [1.165, 1.54) is 12.0 Å². The average Bonchev–Trinajstić information content (AvgIpc) is 2.81. The van der Waals surface area contributed by atoms with Gasteiger partial charge in [-0.25, -0.2) is 9.97 Å². The van der Waals surface area contributed by atoms with Gasteiger partial charge in [0.1, 0.15) is 10.2 Å². The molecule has 0 N–H and O–H groups in total. The van der Waals surface area contributed by atoms with Gasteiger partial charge in [0.05, 0.1) is 0 Å². The maximum Gasteiger partial charge on any atom is 0.190 e. The second kappa shape index (κ2) is 7.26. The van der Waals surface area contributed by atoms with Crippen LogP contribution in [0, 0.1) is 0 Å². The quantitative estimate of drug-likeness (QED) is 0.348. The van der Waals surface area contributed by atoms with Crippen LogP contribution in [-0.2, 0) is 0 Å². The Kier molecular flexibility index (Phi) is 5.56. The van der Waals surface area contributed by atoms with Gasteiger partial charge in [0.25, 0.3) is 0 Å². The van der Waals surface area contributed by atoms with E-state index < -0.39 is 0 Å². The fourth-order valence-electron chi connectivity index (χ4n) is 3.08. The van der Waals surface area contributed by atoms with Crippen molar-refractivity contribution in [2.75, 3.05) is 46.5 Å². The second-order valence-corrected chi connectivity index (χ2v) is 8.98. The monoisotopic (exact) mass is 358 g/mol. The van der Waals surface area contributed by atoms with E-state index in [1.807, 2.05) is 11.8 Å². The standard InChI is InChI=1S/C15H23ClN4S2/c1-19(2)6-4-8-21-15-17-13(16)12-10-5-7-20(3)9-11(10)22-14(12)18-15/h10-11H,4-9H2,1-3H3. The lowest BCUT2D eigenvalue weighted by Crippen LogP contribution is -2.36. The third kappa shape index (κ3) is 3.73. The molecular formula is C15H23ClN4S2. The molecule has 0 spiro atoms. The van der Waals surface area contributed by atoms with Crippen molar-refractivity contribution in [2.24, 2.45) is 0 Å². The zero-order valence-corrected chi connectivity index (χ0v) is 15.8. The summed E-state index contributed by atoms with van der Waals surface area (Å²) in [7, 11) is 6.39. The van der Waals surface area contributed by atoms with Crippen LogP contribution < -0.4 is 0 Å². The highest BCUT2D eigenvalue weighted by atomic mass is 35.5. The van der Waals surface area contributed by atoms with Crippen molar-refractivity contribution in [3.05, 3.63) is 10.7 Å². The first kappa shape index (κ1) is 16.8. The number of aromatic nitrogens is 2. The van der Waals surface area contributed by atoms with Crippen LogP contribution in [0.1, 0.15) is 24.3 Å². The normalized spacial score (nSPS) is 24.6. The molecule has 7 heteroatoms. The number of hydrogen-bond acceptors (Lipinski definition) is 6. The van der Waals surface area contributed by atoms with Crippen molar-refractivity contribution in [3.8, 4) is 0 Å². The van der Waals surface area contributed by atoms with Gasteiger partial charge in [-0.1, -0.05) is 23.4 Å². The maximum atomic E-state index is 6.49. The third-order valence-electron chi connectivity index (χ3n) is 4.22. The van der Waals surface area contributed by atoms with Gasteiger partial charge in [-0.15, -0.1) is 11.8 Å². The molecule has 0 bridgehead atoms. The van der Waals surface area contributed by atoms with Gasteiger partial charge in [0, 0.05) is 29.0 Å². The Morgan fingerprint density at radius 2 is 2.23 bits per heavy atom. The first-order chi connectivity index (χ1) is 10.5. The van der Waals surface area contributed by atoms with Gasteiger partial charge in [0.2, 0.25) is 0 Å². The highest BCUT2D eigenvalue weighted by Gasteiger charge is 2.40. The molecule has 122 valence electrons. The molecule has 4 nitrogen and oxygen atoms in total. The number of hydrogen-bond donors (Lipinski definition) is 0. The van der Waals surface area contributed by atoms with Gasteiger partial charge in [-0.3, -0.25) is 0 Å². The molecule has 0 aromatic carbocycles. The fourth-order valence-corrected chi connectivity index (χ4v) is 5.89. The lowest BCUT2D eigenvalue weighted by atomic mass is 9.91. The maximum absolute atomic E-state index is 6.49. The highest BCUT2D eigenvalue weighted by Crippen LogP contribution is 2.50. The Morgan fingerprint density at radius 1 is 1.41 bits per heavy atom. The first-order valence-corrected chi connectivity index (χ1v) is 9.99. The molecule has 0 radical (unpaired) electrons. The van der Waals surface area contributed by atoms with Gasteiger partial charge in [-0.05, 0) is 47.1 Å². The number of fused-ring (bicyclic) bond motifs is 3. The molecule has 1 aromatic rings. The van der Waals surface area contributed by atoms with E-state index in [2.05, 4.69) is 35.9 Å². The summed E-state index contributed by atoms with van der Waals surface area (Å²) in [6, 6.07) is 0. The van der Waals surface area contributed by atoms with Crippen LogP contribution in [0.2, 0.25) is 5.15 Å². The van der Waals surface area contributed by atoms with Gasteiger partial charge < -0.3 is 9.80 Å². The SMILES string of the molecule is CN(C)CCCSc1nc(Cl)c2c(n1)SC1CN(C)CCC21. The van der Waals surface area contributed by atoms with Gasteiger partial charge >= 0.3 is 0 Å². The summed E-state index contributed by atoms with van der Waals surface area (Å²) in [5, 5.41) is 3.24. The molecule has 22 heavy (non-hydrogen) atoms. The van der Waals surface area contributed by atoms with Crippen molar-refractivity contribution in [1.82, 2.24) is 19.8 Å². The minimum absolute atomic E-state index is 0.538. The van der Waals surface area contributed by atoms with Crippen LogP contribution in [0.15, 0.2) is 10.2 Å². The summed E-state index contributed by atoms with van der Waals surface area (Å²) < 4.78 is 0. The molecule has 2 aliphatic heterocycles. The number of thioether (sulfide) groups is 2. The van der Waals surface area contributed by atoms with Crippen molar-refractivity contribution in [1.29, 1.82) is 0 Å². The fraction of sp³-hybridized carbons (Fsp3) is 0.733. The van der Waals surface area contributed by atoms with Crippen molar-refractivity contribution in [3.63, 3.8) is 0 Å². The zero-order chi connectivity index (χ0) is 15.7. The minimum Gasteiger partial charge on any atom is -0.309 e. The summed E-state index contributed by atoms with van der Waals surface area (Å²) >= 11 is 10.1. The van der Waals surface area contributed by atoms with E-state index in [0.717, 1.165) is 42.0 Å². The van der Waals surface area contributed by atoms with Crippen molar-refractivity contribution in [2.45, 2.75) is 34.2 Å². The Labute approximate surface area is 146 Å². The van der Waals surface area contributed by atoms with E-state index in [9.17, 15) is 0 Å². The third-order valence-corrected chi connectivity index (χ3v) is 6.76. The van der Waals surface area contributed by atoms with E-state index >= 15 is 0 Å². The van der Waals surface area contributed by atoms with E-state index in [4.69, 9.17) is 16.6 Å². The number of nitrogens with zero attached hydrogens (tertiary/aromatic N) is 4. The van der Waals surface area contributed by atoms with Crippen LogP contribution in [0.5, 0.6) is 0 Å². The Balaban J connectivity index is 1.68. The van der Waals surface area contributed by atoms with Crippen LogP contribution in [0.4, 0.5) is 0 Å². The molecule has 0 saturated carbocycles.